The van der Waals surface area contributed by atoms with Gasteiger partial charge < -0.3 is 4.74 Å². The van der Waals surface area contributed by atoms with Crippen molar-refractivity contribution in [1.82, 2.24) is 9.78 Å². The van der Waals surface area contributed by atoms with Crippen LogP contribution in [0.5, 0.6) is 5.88 Å². The Morgan fingerprint density at radius 3 is 2.80 bits per heavy atom. The first-order chi connectivity index (χ1) is 7.20. The smallest absolute Gasteiger partial charge is 0.232 e. The molecule has 0 bridgehead atoms. The minimum absolute atomic E-state index is 0.574. The molecule has 3 nitrogen and oxygen atoms in total. The normalized spacial score (nSPS) is 10.3. The number of methoxy groups -OCH3 is 1. The van der Waals surface area contributed by atoms with Crippen LogP contribution in [0.4, 0.5) is 0 Å². The van der Waals surface area contributed by atoms with E-state index in [1.807, 2.05) is 24.4 Å². The van der Waals surface area contributed by atoms with Crippen LogP contribution in [0.3, 0.4) is 0 Å². The standard InChI is InChI=1S/C10H8ClIN2O/c1-15-10-4-5-14(13-10)9-3-2-7(12)6-8(9)11/h2-6H,1H3. The Hall–Kier alpha value is -0.750. The van der Waals surface area contributed by atoms with Crippen molar-refractivity contribution in [3.05, 3.63) is 39.1 Å². The Bertz CT molecular complexity index is 484. The summed E-state index contributed by atoms with van der Waals surface area (Å²) in [5.74, 6) is 0.574. The second-order valence-electron chi connectivity index (χ2n) is 2.90. The van der Waals surface area contributed by atoms with Crippen LogP contribution in [0.2, 0.25) is 5.02 Å². The van der Waals surface area contributed by atoms with Crippen LogP contribution < -0.4 is 4.74 Å². The van der Waals surface area contributed by atoms with Crippen molar-refractivity contribution in [2.24, 2.45) is 0 Å². The summed E-state index contributed by atoms with van der Waals surface area (Å²) in [5.41, 5.74) is 0.848. The largest absolute Gasteiger partial charge is 0.480 e. The molecule has 0 unspecified atom stereocenters. The number of benzene rings is 1. The van der Waals surface area contributed by atoms with Crippen LogP contribution in [0.15, 0.2) is 30.5 Å². The van der Waals surface area contributed by atoms with Crippen LogP contribution in [-0.4, -0.2) is 16.9 Å². The van der Waals surface area contributed by atoms with E-state index in [4.69, 9.17) is 16.3 Å². The van der Waals surface area contributed by atoms with E-state index in [-0.39, 0.29) is 0 Å². The molecule has 0 aliphatic carbocycles. The first-order valence-electron chi connectivity index (χ1n) is 4.26. The zero-order chi connectivity index (χ0) is 10.8. The molecule has 0 fully saturated rings. The van der Waals surface area contributed by atoms with E-state index < -0.39 is 0 Å². The number of nitrogens with zero attached hydrogens (tertiary/aromatic N) is 2. The summed E-state index contributed by atoms with van der Waals surface area (Å²) < 4.78 is 7.79. The van der Waals surface area contributed by atoms with Gasteiger partial charge in [-0.25, -0.2) is 4.68 Å². The molecular weight excluding hydrogens is 326 g/mol. The average Bonchev–Trinajstić information content (AvgIpc) is 2.66. The molecule has 0 spiro atoms. The SMILES string of the molecule is COc1ccn(-c2ccc(I)cc2Cl)n1. The summed E-state index contributed by atoms with van der Waals surface area (Å²) in [5, 5.41) is 4.87. The fourth-order valence-corrected chi connectivity index (χ4v) is 2.16. The van der Waals surface area contributed by atoms with E-state index in [1.54, 1.807) is 17.9 Å². The summed E-state index contributed by atoms with van der Waals surface area (Å²) in [6.07, 6.45) is 1.81. The molecule has 0 saturated carbocycles. The van der Waals surface area contributed by atoms with E-state index in [1.165, 1.54) is 0 Å². The van der Waals surface area contributed by atoms with Gasteiger partial charge in [-0.15, -0.1) is 5.10 Å². The molecule has 1 aromatic heterocycles. The van der Waals surface area contributed by atoms with Crippen molar-refractivity contribution in [2.45, 2.75) is 0 Å². The maximum atomic E-state index is 6.11. The number of ether oxygens (including phenoxy) is 1. The Morgan fingerprint density at radius 1 is 1.40 bits per heavy atom. The fourth-order valence-electron chi connectivity index (χ4n) is 1.22. The number of rotatable bonds is 2. The van der Waals surface area contributed by atoms with Crippen LogP contribution in [0.1, 0.15) is 0 Å². The molecule has 2 aromatic rings. The molecule has 0 aliphatic rings. The molecule has 0 radical (unpaired) electrons. The van der Waals surface area contributed by atoms with Gasteiger partial charge in [0.1, 0.15) is 0 Å². The van der Waals surface area contributed by atoms with Crippen LogP contribution in [0.25, 0.3) is 5.69 Å². The van der Waals surface area contributed by atoms with Gasteiger partial charge in [-0.1, -0.05) is 11.6 Å². The second-order valence-corrected chi connectivity index (χ2v) is 4.55. The molecule has 0 aliphatic heterocycles. The van der Waals surface area contributed by atoms with E-state index in [0.717, 1.165) is 9.26 Å². The molecule has 78 valence electrons. The maximum Gasteiger partial charge on any atom is 0.232 e. The topological polar surface area (TPSA) is 27.1 Å². The van der Waals surface area contributed by atoms with Gasteiger partial charge in [0.05, 0.1) is 17.8 Å². The molecule has 0 N–H and O–H groups in total. The zero-order valence-corrected chi connectivity index (χ0v) is 10.9. The van der Waals surface area contributed by atoms with Crippen LogP contribution >= 0.6 is 34.2 Å². The molecule has 5 heteroatoms. The first kappa shape index (κ1) is 10.8. The molecular formula is C10H8ClIN2O. The molecule has 0 atom stereocenters. The van der Waals surface area contributed by atoms with Crippen LogP contribution in [0, 0.1) is 3.57 Å². The van der Waals surface area contributed by atoms with Gasteiger partial charge in [0, 0.05) is 15.8 Å². The Labute approximate surface area is 106 Å². The van der Waals surface area contributed by atoms with Crippen molar-refractivity contribution < 1.29 is 4.74 Å². The molecule has 0 saturated heterocycles. The number of hydrogen-bond acceptors (Lipinski definition) is 2. The summed E-state index contributed by atoms with van der Waals surface area (Å²) in [7, 11) is 1.59. The third-order valence-electron chi connectivity index (χ3n) is 1.93. The van der Waals surface area contributed by atoms with Gasteiger partial charge in [-0.3, -0.25) is 0 Å². The summed E-state index contributed by atoms with van der Waals surface area (Å²) in [4.78, 5) is 0. The summed E-state index contributed by atoms with van der Waals surface area (Å²) in [6.45, 7) is 0. The third kappa shape index (κ3) is 2.26. The molecule has 15 heavy (non-hydrogen) atoms. The van der Waals surface area contributed by atoms with Crippen LogP contribution in [-0.2, 0) is 0 Å². The van der Waals surface area contributed by atoms with Crippen molar-refractivity contribution >= 4 is 34.2 Å². The summed E-state index contributed by atoms with van der Waals surface area (Å²) >= 11 is 8.33. The lowest BCUT2D eigenvalue weighted by atomic mass is 10.3. The van der Waals surface area contributed by atoms with Gasteiger partial charge in [-0.05, 0) is 40.8 Å². The second kappa shape index (κ2) is 4.40. The van der Waals surface area contributed by atoms with Crippen molar-refractivity contribution in [2.75, 3.05) is 7.11 Å². The molecule has 2 rings (SSSR count). The maximum absolute atomic E-state index is 6.11. The lowest BCUT2D eigenvalue weighted by molar-refractivity contribution is 0.394. The number of halogens is 2. The predicted molar refractivity (Wildman–Crippen MR) is 67.8 cm³/mol. The number of aromatic nitrogens is 2. The van der Waals surface area contributed by atoms with Crippen molar-refractivity contribution in [3.8, 4) is 11.6 Å². The van der Waals surface area contributed by atoms with Gasteiger partial charge in [0.25, 0.3) is 0 Å². The van der Waals surface area contributed by atoms with Crippen molar-refractivity contribution in [3.63, 3.8) is 0 Å². The van der Waals surface area contributed by atoms with E-state index in [9.17, 15) is 0 Å². The fraction of sp³-hybridized carbons (Fsp3) is 0.100. The van der Waals surface area contributed by atoms with E-state index in [0.29, 0.717) is 10.9 Å². The van der Waals surface area contributed by atoms with E-state index >= 15 is 0 Å². The highest BCUT2D eigenvalue weighted by Gasteiger charge is 2.05. The zero-order valence-electron chi connectivity index (χ0n) is 7.95. The molecule has 1 aromatic carbocycles. The van der Waals surface area contributed by atoms with Gasteiger partial charge in [0.15, 0.2) is 0 Å². The molecule has 1 heterocycles. The lowest BCUT2D eigenvalue weighted by Gasteiger charge is -2.04. The minimum Gasteiger partial charge on any atom is -0.480 e. The molecule has 0 amide bonds. The lowest BCUT2D eigenvalue weighted by Crippen LogP contribution is -1.96. The van der Waals surface area contributed by atoms with Gasteiger partial charge >= 0.3 is 0 Å². The van der Waals surface area contributed by atoms with Crippen molar-refractivity contribution in [1.29, 1.82) is 0 Å². The number of hydrogen-bond donors (Lipinski definition) is 0. The minimum atomic E-state index is 0.574. The Morgan fingerprint density at radius 2 is 2.20 bits per heavy atom. The predicted octanol–water partition coefficient (Wildman–Crippen LogP) is 3.14. The highest BCUT2D eigenvalue weighted by Crippen LogP contribution is 2.23. The highest BCUT2D eigenvalue weighted by molar-refractivity contribution is 14.1. The third-order valence-corrected chi connectivity index (χ3v) is 2.90. The van der Waals surface area contributed by atoms with Gasteiger partial charge in [0.2, 0.25) is 5.88 Å². The average molecular weight is 335 g/mol. The first-order valence-corrected chi connectivity index (χ1v) is 5.71. The Balaban J connectivity index is 2.44. The summed E-state index contributed by atoms with van der Waals surface area (Å²) in [6, 6.07) is 7.59. The Kier molecular flexibility index (Phi) is 3.16. The van der Waals surface area contributed by atoms with Gasteiger partial charge in [-0.2, -0.15) is 0 Å². The van der Waals surface area contributed by atoms with E-state index in [2.05, 4.69) is 27.7 Å². The monoisotopic (exact) mass is 334 g/mol. The highest BCUT2D eigenvalue weighted by atomic mass is 127. The quantitative estimate of drug-likeness (QED) is 0.789.